The molecule has 2 aliphatic rings. The molecule has 2 nitrogen and oxygen atoms in total. The minimum Gasteiger partial charge on any atom is -0.370 e. The quantitative estimate of drug-likeness (QED) is 0.378. The number of halogens is 5. The molecule has 2 N–H and O–H groups in total. The Morgan fingerprint density at radius 1 is 1.26 bits per heavy atom. The molecule has 0 aromatic heterocycles. The van der Waals surface area contributed by atoms with Gasteiger partial charge in [0, 0.05) is 16.5 Å². The lowest BCUT2D eigenvalue weighted by molar-refractivity contribution is -0.185. The first-order valence-electron chi connectivity index (χ1n) is 7.01. The Labute approximate surface area is 135 Å². The van der Waals surface area contributed by atoms with E-state index in [1.807, 2.05) is 0 Å². The summed E-state index contributed by atoms with van der Waals surface area (Å²) in [5, 5.41) is 4.92. The molecule has 0 saturated heterocycles. The van der Waals surface area contributed by atoms with Gasteiger partial charge in [0.05, 0.1) is 11.7 Å². The fourth-order valence-electron chi connectivity index (χ4n) is 2.59. The summed E-state index contributed by atoms with van der Waals surface area (Å²) in [4.78, 5) is -0.367. The SMILES string of the molecule is CC1Nc2cc(S)c(F)c(F)c2C(C#CC2CC2)(C(F)(F)F)N1. The van der Waals surface area contributed by atoms with E-state index in [0.29, 0.717) is 12.8 Å². The second kappa shape index (κ2) is 5.28. The van der Waals surface area contributed by atoms with Gasteiger partial charge in [-0.05, 0) is 25.8 Å². The van der Waals surface area contributed by atoms with Gasteiger partial charge in [0.25, 0.3) is 0 Å². The summed E-state index contributed by atoms with van der Waals surface area (Å²) in [7, 11) is 0. The first-order valence-corrected chi connectivity index (χ1v) is 7.45. The molecule has 0 spiro atoms. The molecule has 23 heavy (non-hydrogen) atoms. The van der Waals surface area contributed by atoms with E-state index in [-0.39, 0.29) is 16.5 Å². The van der Waals surface area contributed by atoms with Gasteiger partial charge in [-0.2, -0.15) is 13.2 Å². The van der Waals surface area contributed by atoms with Crippen LogP contribution in [0.15, 0.2) is 11.0 Å². The minimum absolute atomic E-state index is 0.123. The highest BCUT2D eigenvalue weighted by atomic mass is 32.1. The van der Waals surface area contributed by atoms with Gasteiger partial charge in [0.15, 0.2) is 11.6 Å². The number of nitrogens with one attached hydrogen (secondary N) is 2. The maximum atomic E-state index is 14.4. The molecule has 2 unspecified atom stereocenters. The highest BCUT2D eigenvalue weighted by molar-refractivity contribution is 7.80. The lowest BCUT2D eigenvalue weighted by Gasteiger charge is -2.41. The van der Waals surface area contributed by atoms with E-state index >= 15 is 0 Å². The van der Waals surface area contributed by atoms with Crippen molar-refractivity contribution in [3.8, 4) is 11.8 Å². The van der Waals surface area contributed by atoms with Crippen molar-refractivity contribution in [1.82, 2.24) is 5.32 Å². The van der Waals surface area contributed by atoms with Crippen molar-refractivity contribution in [2.45, 2.75) is 42.5 Å². The summed E-state index contributed by atoms with van der Waals surface area (Å²) in [5.74, 6) is 1.54. The number of alkyl halides is 3. The molecule has 1 aliphatic carbocycles. The molecule has 0 amide bonds. The number of hydrogen-bond donors (Lipinski definition) is 3. The zero-order valence-electron chi connectivity index (χ0n) is 12.0. The normalized spacial score (nSPS) is 26.8. The van der Waals surface area contributed by atoms with Gasteiger partial charge in [-0.25, -0.2) is 8.78 Å². The van der Waals surface area contributed by atoms with Gasteiger partial charge in [-0.1, -0.05) is 11.8 Å². The smallest absolute Gasteiger partial charge is 0.370 e. The van der Waals surface area contributed by atoms with Gasteiger partial charge in [0.2, 0.25) is 5.54 Å². The highest BCUT2D eigenvalue weighted by Crippen LogP contribution is 2.47. The van der Waals surface area contributed by atoms with Crippen LogP contribution < -0.4 is 10.6 Å². The molecule has 1 heterocycles. The minimum atomic E-state index is -4.93. The summed E-state index contributed by atoms with van der Waals surface area (Å²) >= 11 is 3.76. The third-order valence-electron chi connectivity index (χ3n) is 3.83. The molecule has 8 heteroatoms. The average molecular weight is 348 g/mol. The van der Waals surface area contributed by atoms with Crippen LogP contribution in [0.3, 0.4) is 0 Å². The molecular formula is C15H13F5N2S. The van der Waals surface area contributed by atoms with Crippen LogP contribution in [-0.4, -0.2) is 12.3 Å². The average Bonchev–Trinajstić information content (AvgIpc) is 3.24. The molecule has 1 fully saturated rings. The fraction of sp³-hybridized carbons (Fsp3) is 0.467. The molecule has 1 saturated carbocycles. The number of anilines is 1. The van der Waals surface area contributed by atoms with Crippen LogP contribution in [-0.2, 0) is 5.54 Å². The van der Waals surface area contributed by atoms with Crippen LogP contribution in [0.25, 0.3) is 0 Å². The van der Waals surface area contributed by atoms with Gasteiger partial charge in [-0.3, -0.25) is 5.32 Å². The topological polar surface area (TPSA) is 24.1 Å². The van der Waals surface area contributed by atoms with Crippen molar-refractivity contribution in [3.63, 3.8) is 0 Å². The molecular weight excluding hydrogens is 335 g/mol. The van der Waals surface area contributed by atoms with E-state index in [2.05, 4.69) is 35.1 Å². The Morgan fingerprint density at radius 3 is 2.48 bits per heavy atom. The van der Waals surface area contributed by atoms with E-state index in [0.717, 1.165) is 6.07 Å². The number of hydrogen-bond acceptors (Lipinski definition) is 3. The van der Waals surface area contributed by atoms with E-state index in [1.54, 1.807) is 0 Å². The standard InChI is InChI=1S/C15H13F5N2S/c1-7-21-9-6-10(23)12(16)13(17)11(9)14(22-7,15(18,19)20)5-4-8-2-3-8/h6-8,21-23H,2-3H2,1H3. The van der Waals surface area contributed by atoms with Crippen LogP contribution in [0.2, 0.25) is 0 Å². The maximum Gasteiger partial charge on any atom is 0.422 e. The number of rotatable bonds is 0. The number of thiol groups is 1. The second-order valence-electron chi connectivity index (χ2n) is 5.75. The number of fused-ring (bicyclic) bond motifs is 1. The van der Waals surface area contributed by atoms with Gasteiger partial charge in [0.1, 0.15) is 0 Å². The first-order chi connectivity index (χ1) is 10.7. The van der Waals surface area contributed by atoms with Gasteiger partial charge >= 0.3 is 6.18 Å². The monoisotopic (exact) mass is 348 g/mol. The summed E-state index contributed by atoms with van der Waals surface area (Å²) < 4.78 is 69.7. The van der Waals surface area contributed by atoms with E-state index in [4.69, 9.17) is 0 Å². The largest absolute Gasteiger partial charge is 0.422 e. The zero-order chi connectivity index (χ0) is 17.0. The van der Waals surface area contributed by atoms with Gasteiger partial charge in [-0.15, -0.1) is 12.6 Å². The second-order valence-corrected chi connectivity index (χ2v) is 6.23. The van der Waals surface area contributed by atoms with E-state index < -0.39 is 35.1 Å². The molecule has 1 aromatic carbocycles. The highest BCUT2D eigenvalue weighted by Gasteiger charge is 2.60. The van der Waals surface area contributed by atoms with Crippen molar-refractivity contribution in [2.75, 3.05) is 5.32 Å². The lowest BCUT2D eigenvalue weighted by Crippen LogP contribution is -2.61. The molecule has 124 valence electrons. The van der Waals surface area contributed by atoms with E-state index in [9.17, 15) is 22.0 Å². The maximum absolute atomic E-state index is 14.4. The van der Waals surface area contributed by atoms with Crippen LogP contribution in [0, 0.1) is 29.4 Å². The van der Waals surface area contributed by atoms with Crippen LogP contribution >= 0.6 is 12.6 Å². The predicted octanol–water partition coefficient (Wildman–Crippen LogP) is 3.79. The molecule has 1 aliphatic heterocycles. The molecule has 0 radical (unpaired) electrons. The van der Waals surface area contributed by atoms with Gasteiger partial charge < -0.3 is 5.32 Å². The Hall–Kier alpha value is -1.46. The zero-order valence-corrected chi connectivity index (χ0v) is 12.9. The lowest BCUT2D eigenvalue weighted by atomic mass is 9.85. The van der Waals surface area contributed by atoms with Crippen LogP contribution in [0.5, 0.6) is 0 Å². The summed E-state index contributed by atoms with van der Waals surface area (Å²) in [6, 6.07) is 1.05. The van der Waals surface area contributed by atoms with Crippen molar-refractivity contribution in [3.05, 3.63) is 23.3 Å². The Morgan fingerprint density at radius 2 is 1.91 bits per heavy atom. The van der Waals surface area contributed by atoms with Crippen LogP contribution in [0.4, 0.5) is 27.6 Å². The Kier molecular flexibility index (Phi) is 3.76. The summed E-state index contributed by atoms with van der Waals surface area (Å²) in [6.07, 6.45) is -4.33. The summed E-state index contributed by atoms with van der Waals surface area (Å²) in [5.41, 5.74) is -3.99. The third kappa shape index (κ3) is 2.66. The molecule has 0 bridgehead atoms. The van der Waals surface area contributed by atoms with Crippen LogP contribution in [0.1, 0.15) is 25.3 Å². The molecule has 2 atom stereocenters. The Balaban J connectivity index is 2.30. The van der Waals surface area contributed by atoms with Crippen molar-refractivity contribution < 1.29 is 22.0 Å². The van der Waals surface area contributed by atoms with Crippen molar-refractivity contribution in [1.29, 1.82) is 0 Å². The van der Waals surface area contributed by atoms with Crippen molar-refractivity contribution >= 4 is 18.3 Å². The summed E-state index contributed by atoms with van der Waals surface area (Å²) in [6.45, 7) is 1.45. The first kappa shape index (κ1) is 16.4. The fourth-order valence-corrected chi connectivity index (χ4v) is 2.82. The predicted molar refractivity (Wildman–Crippen MR) is 78.1 cm³/mol. The molecule has 1 aromatic rings. The Bertz CT molecular complexity index is 717. The van der Waals surface area contributed by atoms with Crippen molar-refractivity contribution in [2.24, 2.45) is 5.92 Å². The number of benzene rings is 1. The van der Waals surface area contributed by atoms with E-state index in [1.165, 1.54) is 6.92 Å². The molecule has 3 rings (SSSR count). The third-order valence-corrected chi connectivity index (χ3v) is 4.16.